The predicted molar refractivity (Wildman–Crippen MR) is 91.2 cm³/mol. The number of phenols is 1. The molecule has 2 aromatic carbocycles. The Morgan fingerprint density at radius 3 is 2.62 bits per heavy atom. The molecular weight excluding hydrogens is 304 g/mol. The number of hydrogen-bond acceptors (Lipinski definition) is 5. The zero-order valence-corrected chi connectivity index (χ0v) is 12.9. The van der Waals surface area contributed by atoms with Gasteiger partial charge < -0.3 is 19.9 Å². The van der Waals surface area contributed by atoms with Gasteiger partial charge in [0.1, 0.15) is 5.75 Å². The van der Waals surface area contributed by atoms with Crippen molar-refractivity contribution in [2.75, 3.05) is 12.1 Å². The number of ether oxygens (including phenoxy) is 2. The molecule has 0 saturated heterocycles. The van der Waals surface area contributed by atoms with Crippen LogP contribution in [0.4, 0.5) is 5.69 Å². The monoisotopic (exact) mass is 320 g/mol. The topological polar surface area (TPSA) is 63.6 Å². The van der Waals surface area contributed by atoms with Gasteiger partial charge in [-0.1, -0.05) is 18.2 Å². The minimum Gasteiger partial charge on any atom is -0.508 e. The van der Waals surface area contributed by atoms with Gasteiger partial charge in [0.05, 0.1) is 5.69 Å². The summed E-state index contributed by atoms with van der Waals surface area (Å²) in [5, 5.41) is 12.8. The molecule has 1 aliphatic heterocycles. The summed E-state index contributed by atoms with van der Waals surface area (Å²) in [6, 6.07) is 15.0. The number of hydrogen-bond donors (Lipinski definition) is 2. The fourth-order valence-corrected chi connectivity index (χ4v) is 2.60. The molecule has 0 unspecified atom stereocenters. The van der Waals surface area contributed by atoms with Crippen molar-refractivity contribution in [2.45, 2.75) is 6.54 Å². The standard InChI is InChI=1S/C19H16N2O3/c22-17-4-2-14(3-5-17)15-8-16(11-20-10-15)21-9-13-1-6-18-19(7-13)24-12-23-18/h1-8,10-11,21-22H,9,12H2. The molecule has 0 fully saturated rings. The number of nitrogens with one attached hydrogen (secondary N) is 1. The number of anilines is 1. The molecule has 4 rings (SSSR count). The maximum atomic E-state index is 9.39. The van der Waals surface area contributed by atoms with Crippen LogP contribution in [0.1, 0.15) is 5.56 Å². The second kappa shape index (κ2) is 6.12. The van der Waals surface area contributed by atoms with Gasteiger partial charge in [-0.05, 0) is 41.5 Å². The molecule has 0 amide bonds. The van der Waals surface area contributed by atoms with Crippen molar-refractivity contribution in [3.05, 3.63) is 66.5 Å². The van der Waals surface area contributed by atoms with Crippen LogP contribution in [0.2, 0.25) is 0 Å². The molecule has 0 atom stereocenters. The lowest BCUT2D eigenvalue weighted by atomic mass is 10.1. The summed E-state index contributed by atoms with van der Waals surface area (Å²) in [6.45, 7) is 0.947. The summed E-state index contributed by atoms with van der Waals surface area (Å²) < 4.78 is 10.7. The Morgan fingerprint density at radius 2 is 1.75 bits per heavy atom. The normalized spacial score (nSPS) is 12.2. The highest BCUT2D eigenvalue weighted by atomic mass is 16.7. The molecule has 24 heavy (non-hydrogen) atoms. The zero-order chi connectivity index (χ0) is 16.4. The Kier molecular flexibility index (Phi) is 3.67. The third-order valence-corrected chi connectivity index (χ3v) is 3.87. The molecule has 2 heterocycles. The molecule has 5 heteroatoms. The van der Waals surface area contributed by atoms with Crippen LogP contribution in [0.15, 0.2) is 60.9 Å². The molecule has 2 N–H and O–H groups in total. The Bertz CT molecular complexity index is 863. The third kappa shape index (κ3) is 2.96. The van der Waals surface area contributed by atoms with Crippen LogP contribution in [0.5, 0.6) is 17.2 Å². The average Bonchev–Trinajstić information content (AvgIpc) is 3.08. The van der Waals surface area contributed by atoms with Crippen molar-refractivity contribution >= 4 is 5.69 Å². The highest BCUT2D eigenvalue weighted by Gasteiger charge is 2.13. The van der Waals surface area contributed by atoms with E-state index in [1.165, 1.54) is 0 Å². The highest BCUT2D eigenvalue weighted by Crippen LogP contribution is 2.32. The molecule has 0 aliphatic carbocycles. The first-order valence-electron chi connectivity index (χ1n) is 7.65. The SMILES string of the molecule is Oc1ccc(-c2cncc(NCc3ccc4c(c3)OCO4)c2)cc1. The van der Waals surface area contributed by atoms with Crippen LogP contribution in [0, 0.1) is 0 Å². The molecule has 0 saturated carbocycles. The predicted octanol–water partition coefficient (Wildman–Crippen LogP) is 3.80. The van der Waals surface area contributed by atoms with Gasteiger partial charge in [-0.2, -0.15) is 0 Å². The molecule has 0 spiro atoms. The molecule has 0 bridgehead atoms. The Balaban J connectivity index is 1.49. The van der Waals surface area contributed by atoms with Crippen molar-refractivity contribution in [3.8, 4) is 28.4 Å². The maximum Gasteiger partial charge on any atom is 0.231 e. The molecular formula is C19H16N2O3. The maximum absolute atomic E-state index is 9.39. The van der Waals surface area contributed by atoms with Crippen LogP contribution < -0.4 is 14.8 Å². The van der Waals surface area contributed by atoms with E-state index in [-0.39, 0.29) is 12.5 Å². The quantitative estimate of drug-likeness (QED) is 0.765. The van der Waals surface area contributed by atoms with Gasteiger partial charge in [0.15, 0.2) is 11.5 Å². The van der Waals surface area contributed by atoms with Gasteiger partial charge in [0.25, 0.3) is 0 Å². The van der Waals surface area contributed by atoms with Crippen LogP contribution in [0.3, 0.4) is 0 Å². The Labute approximate surface area is 139 Å². The number of phenolic OH excluding ortho intramolecular Hbond substituents is 1. The van der Waals surface area contributed by atoms with Gasteiger partial charge >= 0.3 is 0 Å². The molecule has 1 aromatic heterocycles. The summed E-state index contributed by atoms with van der Waals surface area (Å²) in [7, 11) is 0. The van der Waals surface area contributed by atoms with Crippen LogP contribution in [-0.2, 0) is 6.54 Å². The van der Waals surface area contributed by atoms with E-state index in [0.717, 1.165) is 33.9 Å². The van der Waals surface area contributed by atoms with Gasteiger partial charge in [0, 0.05) is 24.5 Å². The lowest BCUT2D eigenvalue weighted by Crippen LogP contribution is -2.00. The van der Waals surface area contributed by atoms with Gasteiger partial charge in [-0.15, -0.1) is 0 Å². The molecule has 120 valence electrons. The van der Waals surface area contributed by atoms with Gasteiger partial charge in [-0.25, -0.2) is 0 Å². The number of benzene rings is 2. The number of nitrogens with zero attached hydrogens (tertiary/aromatic N) is 1. The van der Waals surface area contributed by atoms with Crippen molar-refractivity contribution < 1.29 is 14.6 Å². The summed E-state index contributed by atoms with van der Waals surface area (Å²) >= 11 is 0. The van der Waals surface area contributed by atoms with E-state index in [4.69, 9.17) is 9.47 Å². The van der Waals surface area contributed by atoms with Crippen LogP contribution in [0.25, 0.3) is 11.1 Å². The summed E-state index contributed by atoms with van der Waals surface area (Å²) in [4.78, 5) is 4.28. The fourth-order valence-electron chi connectivity index (χ4n) is 2.60. The first kappa shape index (κ1) is 14.4. The van der Waals surface area contributed by atoms with Crippen LogP contribution in [-0.4, -0.2) is 16.9 Å². The van der Waals surface area contributed by atoms with Gasteiger partial charge in [0.2, 0.25) is 6.79 Å². The van der Waals surface area contributed by atoms with E-state index in [1.807, 2.05) is 36.4 Å². The fraction of sp³-hybridized carbons (Fsp3) is 0.105. The van der Waals surface area contributed by atoms with E-state index in [2.05, 4.69) is 10.3 Å². The lowest BCUT2D eigenvalue weighted by Gasteiger charge is -2.09. The molecule has 0 radical (unpaired) electrons. The number of aromatic hydroxyl groups is 1. The van der Waals surface area contributed by atoms with Gasteiger partial charge in [-0.3, -0.25) is 4.98 Å². The largest absolute Gasteiger partial charge is 0.508 e. The Hall–Kier alpha value is -3.21. The Morgan fingerprint density at radius 1 is 0.917 bits per heavy atom. The van der Waals surface area contributed by atoms with Crippen molar-refractivity contribution in [1.29, 1.82) is 0 Å². The second-order valence-corrected chi connectivity index (χ2v) is 5.55. The number of fused-ring (bicyclic) bond motifs is 1. The van der Waals surface area contributed by atoms with Crippen LogP contribution >= 0.6 is 0 Å². The van der Waals surface area contributed by atoms with E-state index in [9.17, 15) is 5.11 Å². The minimum absolute atomic E-state index is 0.254. The first-order valence-corrected chi connectivity index (χ1v) is 7.65. The molecule has 3 aromatic rings. The van der Waals surface area contributed by atoms with E-state index >= 15 is 0 Å². The zero-order valence-electron chi connectivity index (χ0n) is 12.9. The summed E-state index contributed by atoms with van der Waals surface area (Å²) in [5.41, 5.74) is 4.03. The number of rotatable bonds is 4. The van der Waals surface area contributed by atoms with E-state index in [0.29, 0.717) is 6.54 Å². The minimum atomic E-state index is 0.254. The number of pyridine rings is 1. The smallest absolute Gasteiger partial charge is 0.231 e. The average molecular weight is 320 g/mol. The summed E-state index contributed by atoms with van der Waals surface area (Å²) in [5.74, 6) is 1.82. The molecule has 1 aliphatic rings. The van der Waals surface area contributed by atoms with Crippen molar-refractivity contribution in [3.63, 3.8) is 0 Å². The highest BCUT2D eigenvalue weighted by molar-refractivity contribution is 5.67. The lowest BCUT2D eigenvalue weighted by molar-refractivity contribution is 0.174. The van der Waals surface area contributed by atoms with Crippen molar-refractivity contribution in [2.24, 2.45) is 0 Å². The third-order valence-electron chi connectivity index (χ3n) is 3.87. The second-order valence-electron chi connectivity index (χ2n) is 5.55. The first-order chi connectivity index (χ1) is 11.8. The van der Waals surface area contributed by atoms with E-state index in [1.54, 1.807) is 24.5 Å². The number of aromatic nitrogens is 1. The van der Waals surface area contributed by atoms with Crippen molar-refractivity contribution in [1.82, 2.24) is 4.98 Å². The summed E-state index contributed by atoms with van der Waals surface area (Å²) in [6.07, 6.45) is 3.59. The molecule has 5 nitrogen and oxygen atoms in total. The van der Waals surface area contributed by atoms with E-state index < -0.39 is 0 Å².